The summed E-state index contributed by atoms with van der Waals surface area (Å²) in [7, 11) is 4.10. The van der Waals surface area contributed by atoms with Gasteiger partial charge in [-0.25, -0.2) is 0 Å². The first-order chi connectivity index (χ1) is 5.31. The van der Waals surface area contributed by atoms with Crippen LogP contribution in [0, 0.1) is 0 Å². The van der Waals surface area contributed by atoms with Crippen LogP contribution in [-0.2, 0) is 4.74 Å². The molecule has 64 valence electrons. The molecular weight excluding hydrogens is 138 g/mol. The van der Waals surface area contributed by atoms with Crippen molar-refractivity contribution in [2.24, 2.45) is 0 Å². The van der Waals surface area contributed by atoms with E-state index in [1.807, 2.05) is 7.11 Å². The maximum Gasteiger partial charge on any atom is 0.0601 e. The van der Waals surface area contributed by atoms with Gasteiger partial charge in [-0.15, -0.1) is 0 Å². The molecule has 2 bridgehead atoms. The minimum atomic E-state index is 0.545. The lowest BCUT2D eigenvalue weighted by Gasteiger charge is -2.35. The Hall–Kier alpha value is -0.0800. The molecule has 0 aromatic heterocycles. The summed E-state index contributed by atoms with van der Waals surface area (Å²) in [6, 6.07) is 1.64. The Labute approximate surface area is 68.5 Å². The first kappa shape index (κ1) is 7.56. The van der Waals surface area contributed by atoms with Crippen molar-refractivity contribution in [3.8, 4) is 0 Å². The van der Waals surface area contributed by atoms with E-state index in [4.69, 9.17) is 4.74 Å². The van der Waals surface area contributed by atoms with E-state index in [1.165, 1.54) is 25.7 Å². The third kappa shape index (κ3) is 1.18. The van der Waals surface area contributed by atoms with E-state index in [2.05, 4.69) is 11.9 Å². The SMILES string of the molecule is CO[C@H]1C[C@H]2CC[C@@H](C1)N2C. The van der Waals surface area contributed by atoms with Crippen molar-refractivity contribution in [3.05, 3.63) is 0 Å². The van der Waals surface area contributed by atoms with Gasteiger partial charge in [-0.2, -0.15) is 0 Å². The summed E-state index contributed by atoms with van der Waals surface area (Å²) in [6.07, 6.45) is 5.83. The van der Waals surface area contributed by atoms with E-state index in [0.29, 0.717) is 6.10 Å². The van der Waals surface area contributed by atoms with Crippen molar-refractivity contribution < 1.29 is 4.74 Å². The Morgan fingerprint density at radius 2 is 1.73 bits per heavy atom. The molecule has 0 radical (unpaired) electrons. The monoisotopic (exact) mass is 155 g/mol. The highest BCUT2D eigenvalue weighted by atomic mass is 16.5. The molecule has 3 atom stereocenters. The van der Waals surface area contributed by atoms with Gasteiger partial charge in [-0.3, -0.25) is 0 Å². The number of rotatable bonds is 1. The first-order valence-corrected chi connectivity index (χ1v) is 4.56. The van der Waals surface area contributed by atoms with Gasteiger partial charge in [-0.1, -0.05) is 0 Å². The molecule has 0 amide bonds. The zero-order valence-corrected chi connectivity index (χ0v) is 7.42. The van der Waals surface area contributed by atoms with Gasteiger partial charge in [0.2, 0.25) is 0 Å². The molecule has 2 rings (SSSR count). The van der Waals surface area contributed by atoms with Gasteiger partial charge in [0.15, 0.2) is 0 Å². The number of hydrogen-bond donors (Lipinski definition) is 0. The highest BCUT2D eigenvalue weighted by Crippen LogP contribution is 2.34. The molecule has 2 aliphatic heterocycles. The summed E-state index contributed by atoms with van der Waals surface area (Å²) in [5.74, 6) is 0. The van der Waals surface area contributed by atoms with Crippen LogP contribution in [0.25, 0.3) is 0 Å². The zero-order valence-electron chi connectivity index (χ0n) is 7.42. The number of nitrogens with zero attached hydrogens (tertiary/aromatic N) is 1. The summed E-state index contributed by atoms with van der Waals surface area (Å²) in [6.45, 7) is 0. The van der Waals surface area contributed by atoms with Crippen LogP contribution >= 0.6 is 0 Å². The largest absolute Gasteiger partial charge is 0.381 e. The molecule has 2 heteroatoms. The maximum absolute atomic E-state index is 5.39. The summed E-state index contributed by atoms with van der Waals surface area (Å²) >= 11 is 0. The summed E-state index contributed by atoms with van der Waals surface area (Å²) in [4.78, 5) is 2.54. The van der Waals surface area contributed by atoms with E-state index >= 15 is 0 Å². The standard InChI is InChI=1S/C9H17NO/c1-10-7-3-4-8(10)6-9(5-7)11-2/h7-9H,3-6H2,1-2H3/t7-,8+,9+. The first-order valence-electron chi connectivity index (χ1n) is 4.56. The molecule has 2 heterocycles. The van der Waals surface area contributed by atoms with Crippen molar-refractivity contribution >= 4 is 0 Å². The average Bonchev–Trinajstić information content (AvgIpc) is 2.26. The second kappa shape index (κ2) is 2.76. The number of fused-ring (bicyclic) bond motifs is 2. The lowest BCUT2D eigenvalue weighted by atomic mass is 10.0. The third-order valence-electron chi connectivity index (χ3n) is 3.39. The van der Waals surface area contributed by atoms with E-state index < -0.39 is 0 Å². The van der Waals surface area contributed by atoms with Crippen LogP contribution in [0.5, 0.6) is 0 Å². The smallest absolute Gasteiger partial charge is 0.0601 e. The van der Waals surface area contributed by atoms with Gasteiger partial charge < -0.3 is 9.64 Å². The second-order valence-electron chi connectivity index (χ2n) is 3.88. The van der Waals surface area contributed by atoms with Gasteiger partial charge in [-0.05, 0) is 32.7 Å². The van der Waals surface area contributed by atoms with Gasteiger partial charge in [0.05, 0.1) is 6.10 Å². The molecule has 2 nitrogen and oxygen atoms in total. The lowest BCUT2D eigenvalue weighted by Crippen LogP contribution is -2.42. The maximum atomic E-state index is 5.39. The fourth-order valence-corrected chi connectivity index (χ4v) is 2.55. The second-order valence-corrected chi connectivity index (χ2v) is 3.88. The minimum absolute atomic E-state index is 0.545. The summed E-state index contributed by atoms with van der Waals surface area (Å²) in [5, 5.41) is 0. The molecule has 0 saturated carbocycles. The molecule has 2 saturated heterocycles. The predicted molar refractivity (Wildman–Crippen MR) is 44.6 cm³/mol. The Balaban J connectivity index is 2.02. The van der Waals surface area contributed by atoms with Crippen molar-refractivity contribution in [3.63, 3.8) is 0 Å². The van der Waals surface area contributed by atoms with Crippen molar-refractivity contribution in [1.29, 1.82) is 0 Å². The van der Waals surface area contributed by atoms with Gasteiger partial charge in [0, 0.05) is 19.2 Å². The zero-order chi connectivity index (χ0) is 7.84. The van der Waals surface area contributed by atoms with Gasteiger partial charge in [0.1, 0.15) is 0 Å². The minimum Gasteiger partial charge on any atom is -0.381 e. The topological polar surface area (TPSA) is 12.5 Å². The molecule has 0 unspecified atom stereocenters. The van der Waals surface area contributed by atoms with Crippen LogP contribution in [0.2, 0.25) is 0 Å². The Kier molecular flexibility index (Phi) is 1.90. The van der Waals surface area contributed by atoms with E-state index in [9.17, 15) is 0 Å². The Morgan fingerprint density at radius 3 is 2.18 bits per heavy atom. The van der Waals surface area contributed by atoms with Crippen LogP contribution in [0.4, 0.5) is 0 Å². The Bertz CT molecular complexity index is 134. The van der Waals surface area contributed by atoms with Crippen molar-refractivity contribution in [2.75, 3.05) is 14.2 Å². The van der Waals surface area contributed by atoms with E-state index in [1.54, 1.807) is 0 Å². The van der Waals surface area contributed by atoms with Gasteiger partial charge >= 0.3 is 0 Å². The predicted octanol–water partition coefficient (Wildman–Crippen LogP) is 1.26. The van der Waals surface area contributed by atoms with Crippen LogP contribution in [0.1, 0.15) is 25.7 Å². The molecule has 0 aliphatic carbocycles. The van der Waals surface area contributed by atoms with Crippen LogP contribution < -0.4 is 0 Å². The van der Waals surface area contributed by atoms with E-state index in [0.717, 1.165) is 12.1 Å². The molecule has 2 aliphatic rings. The van der Waals surface area contributed by atoms with E-state index in [-0.39, 0.29) is 0 Å². The Morgan fingerprint density at radius 1 is 1.18 bits per heavy atom. The van der Waals surface area contributed by atoms with Crippen molar-refractivity contribution in [1.82, 2.24) is 4.90 Å². The normalized spacial score (nSPS) is 44.7. The fraction of sp³-hybridized carbons (Fsp3) is 1.00. The quantitative estimate of drug-likeness (QED) is 0.565. The van der Waals surface area contributed by atoms with Crippen LogP contribution in [-0.4, -0.2) is 37.2 Å². The molecule has 0 aromatic carbocycles. The number of piperidine rings is 1. The highest BCUT2D eigenvalue weighted by molar-refractivity contribution is 4.93. The molecule has 0 aromatic rings. The van der Waals surface area contributed by atoms with Crippen LogP contribution in [0.3, 0.4) is 0 Å². The molecule has 11 heavy (non-hydrogen) atoms. The molecule has 2 fully saturated rings. The number of methoxy groups -OCH3 is 1. The molecule has 0 N–H and O–H groups in total. The average molecular weight is 155 g/mol. The summed E-state index contributed by atoms with van der Waals surface area (Å²) < 4.78 is 5.39. The molecular formula is C9H17NO. The van der Waals surface area contributed by atoms with Gasteiger partial charge in [0.25, 0.3) is 0 Å². The molecule has 0 spiro atoms. The van der Waals surface area contributed by atoms with Crippen molar-refractivity contribution in [2.45, 2.75) is 43.9 Å². The summed E-state index contributed by atoms with van der Waals surface area (Å²) in [5.41, 5.74) is 0. The lowest BCUT2D eigenvalue weighted by molar-refractivity contribution is 0.0163. The number of hydrogen-bond acceptors (Lipinski definition) is 2. The number of ether oxygens (including phenoxy) is 1. The van der Waals surface area contributed by atoms with Crippen LogP contribution in [0.15, 0.2) is 0 Å². The highest BCUT2D eigenvalue weighted by Gasteiger charge is 2.38. The third-order valence-corrected chi connectivity index (χ3v) is 3.39. The fourth-order valence-electron chi connectivity index (χ4n) is 2.55.